The molecule has 27 heavy (non-hydrogen) atoms. The van der Waals surface area contributed by atoms with Crippen LogP contribution in [0.5, 0.6) is 11.5 Å². The minimum absolute atomic E-state index is 0.0664. The van der Waals surface area contributed by atoms with Crippen LogP contribution in [0.2, 0.25) is 0 Å². The third-order valence-electron chi connectivity index (χ3n) is 3.53. The molecule has 1 N–H and O–H groups in total. The molecular formula is C19H15F3N2O3. The van der Waals surface area contributed by atoms with Gasteiger partial charge in [0.25, 0.3) is 5.91 Å². The van der Waals surface area contributed by atoms with Gasteiger partial charge in [0.05, 0.1) is 19.8 Å². The smallest absolute Gasteiger partial charge is 0.416 e. The van der Waals surface area contributed by atoms with E-state index in [1.165, 1.54) is 32.4 Å². The Kier molecular flexibility index (Phi) is 6.08. The molecule has 0 heterocycles. The molecule has 2 aromatic rings. The minimum atomic E-state index is -4.53. The van der Waals surface area contributed by atoms with Gasteiger partial charge in [-0.25, -0.2) is 0 Å². The molecule has 0 bridgehead atoms. The maximum Gasteiger partial charge on any atom is 0.416 e. The van der Waals surface area contributed by atoms with Gasteiger partial charge in [0.2, 0.25) is 0 Å². The molecule has 0 saturated heterocycles. The maximum atomic E-state index is 12.8. The summed E-state index contributed by atoms with van der Waals surface area (Å²) < 4.78 is 48.5. The van der Waals surface area contributed by atoms with Gasteiger partial charge < -0.3 is 14.8 Å². The predicted molar refractivity (Wildman–Crippen MR) is 93.2 cm³/mol. The third-order valence-corrected chi connectivity index (χ3v) is 3.53. The maximum absolute atomic E-state index is 12.8. The molecule has 0 aliphatic heterocycles. The van der Waals surface area contributed by atoms with Crippen molar-refractivity contribution in [2.24, 2.45) is 0 Å². The fourth-order valence-corrected chi connectivity index (χ4v) is 2.23. The molecule has 0 aliphatic carbocycles. The van der Waals surface area contributed by atoms with Gasteiger partial charge in [-0.3, -0.25) is 4.79 Å². The predicted octanol–water partition coefficient (Wildman–Crippen LogP) is 4.27. The van der Waals surface area contributed by atoms with E-state index in [9.17, 15) is 23.2 Å². The van der Waals surface area contributed by atoms with Crippen LogP contribution in [-0.4, -0.2) is 20.1 Å². The number of hydrogen-bond donors (Lipinski definition) is 1. The number of nitriles is 1. The van der Waals surface area contributed by atoms with Crippen molar-refractivity contribution in [3.8, 4) is 17.6 Å². The average Bonchev–Trinajstić information content (AvgIpc) is 2.65. The van der Waals surface area contributed by atoms with Crippen molar-refractivity contribution in [3.63, 3.8) is 0 Å². The van der Waals surface area contributed by atoms with E-state index in [1.807, 2.05) is 0 Å². The lowest BCUT2D eigenvalue weighted by Crippen LogP contribution is -2.14. The van der Waals surface area contributed by atoms with Crippen LogP contribution < -0.4 is 14.8 Å². The molecule has 0 fully saturated rings. The second-order valence-corrected chi connectivity index (χ2v) is 5.32. The summed E-state index contributed by atoms with van der Waals surface area (Å²) in [5, 5.41) is 11.5. The van der Waals surface area contributed by atoms with Crippen molar-refractivity contribution >= 4 is 17.7 Å². The molecule has 1 amide bonds. The lowest BCUT2D eigenvalue weighted by molar-refractivity contribution is -0.137. The fourth-order valence-electron chi connectivity index (χ4n) is 2.23. The quantitative estimate of drug-likeness (QED) is 0.625. The molecule has 0 spiro atoms. The SMILES string of the molecule is COc1ccc(C=C(C#N)C(=O)Nc2cccc(C(F)(F)F)c2)cc1OC. The molecule has 2 rings (SSSR count). The first-order valence-corrected chi connectivity index (χ1v) is 7.61. The lowest BCUT2D eigenvalue weighted by Gasteiger charge is -2.10. The first kappa shape index (κ1) is 19.8. The number of alkyl halides is 3. The van der Waals surface area contributed by atoms with Crippen LogP contribution in [-0.2, 0) is 11.0 Å². The van der Waals surface area contributed by atoms with Gasteiger partial charge >= 0.3 is 6.18 Å². The molecule has 0 aromatic heterocycles. The number of amides is 1. The number of carbonyl (C=O) groups excluding carboxylic acids is 1. The van der Waals surface area contributed by atoms with Gasteiger partial charge in [-0.05, 0) is 42.0 Å². The second kappa shape index (κ2) is 8.27. The molecule has 2 aromatic carbocycles. The number of nitrogens with zero attached hydrogens (tertiary/aromatic N) is 1. The second-order valence-electron chi connectivity index (χ2n) is 5.32. The number of carbonyl (C=O) groups is 1. The van der Waals surface area contributed by atoms with E-state index in [2.05, 4.69) is 5.32 Å². The van der Waals surface area contributed by atoms with Crippen LogP contribution in [0.4, 0.5) is 18.9 Å². The van der Waals surface area contributed by atoms with Crippen molar-refractivity contribution in [2.75, 3.05) is 19.5 Å². The zero-order chi connectivity index (χ0) is 20.0. The lowest BCUT2D eigenvalue weighted by atomic mass is 10.1. The Morgan fingerprint density at radius 3 is 2.41 bits per heavy atom. The number of halogens is 3. The summed E-state index contributed by atoms with van der Waals surface area (Å²) in [4.78, 5) is 12.2. The Bertz CT molecular complexity index is 915. The van der Waals surface area contributed by atoms with Gasteiger partial charge in [-0.2, -0.15) is 18.4 Å². The Morgan fingerprint density at radius 2 is 1.81 bits per heavy atom. The Morgan fingerprint density at radius 1 is 1.11 bits per heavy atom. The van der Waals surface area contributed by atoms with E-state index in [-0.39, 0.29) is 11.3 Å². The average molecular weight is 376 g/mol. The molecule has 5 nitrogen and oxygen atoms in total. The summed E-state index contributed by atoms with van der Waals surface area (Å²) in [6.07, 6.45) is -3.24. The zero-order valence-electron chi connectivity index (χ0n) is 14.4. The van der Waals surface area contributed by atoms with Crippen LogP contribution in [0, 0.1) is 11.3 Å². The summed E-state index contributed by atoms with van der Waals surface area (Å²) in [6, 6.07) is 10.7. The Hall–Kier alpha value is -3.47. The summed E-state index contributed by atoms with van der Waals surface area (Å²) in [5.74, 6) is 0.0509. The Balaban J connectivity index is 2.26. The molecule has 0 aliphatic rings. The van der Waals surface area contributed by atoms with Gasteiger partial charge in [0, 0.05) is 5.69 Å². The number of benzene rings is 2. The summed E-state index contributed by atoms with van der Waals surface area (Å²) >= 11 is 0. The van der Waals surface area contributed by atoms with E-state index in [1.54, 1.807) is 24.3 Å². The number of methoxy groups -OCH3 is 2. The highest BCUT2D eigenvalue weighted by molar-refractivity contribution is 6.09. The van der Waals surface area contributed by atoms with Gasteiger partial charge in [0.15, 0.2) is 11.5 Å². The van der Waals surface area contributed by atoms with Crippen molar-refractivity contribution in [2.45, 2.75) is 6.18 Å². The number of rotatable bonds is 5. The molecule has 0 saturated carbocycles. The van der Waals surface area contributed by atoms with Crippen LogP contribution in [0.25, 0.3) is 6.08 Å². The number of ether oxygens (including phenoxy) is 2. The summed E-state index contributed by atoms with van der Waals surface area (Å²) in [7, 11) is 2.91. The molecule has 0 unspecified atom stereocenters. The van der Waals surface area contributed by atoms with E-state index in [4.69, 9.17) is 9.47 Å². The van der Waals surface area contributed by atoms with Gasteiger partial charge in [0.1, 0.15) is 11.6 Å². The highest BCUT2D eigenvalue weighted by Crippen LogP contribution is 2.31. The molecule has 140 valence electrons. The number of anilines is 1. The molecule has 0 radical (unpaired) electrons. The minimum Gasteiger partial charge on any atom is -0.493 e. The van der Waals surface area contributed by atoms with Crippen molar-refractivity contribution in [1.82, 2.24) is 0 Å². The van der Waals surface area contributed by atoms with Crippen molar-refractivity contribution < 1.29 is 27.4 Å². The van der Waals surface area contributed by atoms with Crippen LogP contribution >= 0.6 is 0 Å². The summed E-state index contributed by atoms with van der Waals surface area (Å²) in [6.45, 7) is 0. The molecular weight excluding hydrogens is 361 g/mol. The van der Waals surface area contributed by atoms with E-state index in [0.29, 0.717) is 17.1 Å². The standard InChI is InChI=1S/C19H15F3N2O3/c1-26-16-7-6-12(9-17(16)27-2)8-13(11-23)18(25)24-15-5-3-4-14(10-15)19(20,21)22/h3-10H,1-2H3,(H,24,25). The normalized spacial score (nSPS) is 11.5. The highest BCUT2D eigenvalue weighted by atomic mass is 19.4. The van der Waals surface area contributed by atoms with E-state index < -0.39 is 17.6 Å². The third kappa shape index (κ3) is 5.01. The fraction of sp³-hybridized carbons (Fsp3) is 0.158. The summed E-state index contributed by atoms with van der Waals surface area (Å²) in [5.41, 5.74) is -0.756. The van der Waals surface area contributed by atoms with Gasteiger partial charge in [-0.15, -0.1) is 0 Å². The monoisotopic (exact) mass is 376 g/mol. The Labute approximate surface area is 153 Å². The molecule has 0 atom stereocenters. The zero-order valence-corrected chi connectivity index (χ0v) is 14.4. The largest absolute Gasteiger partial charge is 0.493 e. The van der Waals surface area contributed by atoms with Crippen LogP contribution in [0.1, 0.15) is 11.1 Å². The van der Waals surface area contributed by atoms with Crippen molar-refractivity contribution in [3.05, 3.63) is 59.2 Å². The number of nitrogens with one attached hydrogen (secondary N) is 1. The first-order valence-electron chi connectivity index (χ1n) is 7.61. The molecule has 8 heteroatoms. The van der Waals surface area contributed by atoms with Crippen LogP contribution in [0.3, 0.4) is 0 Å². The topological polar surface area (TPSA) is 71.3 Å². The highest BCUT2D eigenvalue weighted by Gasteiger charge is 2.30. The number of hydrogen-bond acceptors (Lipinski definition) is 4. The van der Waals surface area contributed by atoms with E-state index in [0.717, 1.165) is 12.1 Å². The van der Waals surface area contributed by atoms with E-state index >= 15 is 0 Å². The van der Waals surface area contributed by atoms with Crippen molar-refractivity contribution in [1.29, 1.82) is 5.26 Å². The first-order chi connectivity index (χ1) is 12.8. The van der Waals surface area contributed by atoms with Crippen LogP contribution in [0.15, 0.2) is 48.0 Å². The van der Waals surface area contributed by atoms with Gasteiger partial charge in [-0.1, -0.05) is 12.1 Å².